The summed E-state index contributed by atoms with van der Waals surface area (Å²) in [6.45, 7) is 1.94. The molecule has 7 nitrogen and oxygen atoms in total. The maximum atomic E-state index is 12.8. The third kappa shape index (κ3) is 6.58. The van der Waals surface area contributed by atoms with Crippen LogP contribution in [0, 0.1) is 0 Å². The Kier molecular flexibility index (Phi) is 8.47. The molecule has 0 saturated heterocycles. The number of ether oxygens (including phenoxy) is 1. The van der Waals surface area contributed by atoms with Gasteiger partial charge in [0.25, 0.3) is 0 Å². The van der Waals surface area contributed by atoms with E-state index >= 15 is 0 Å². The number of amides is 1. The summed E-state index contributed by atoms with van der Waals surface area (Å²) in [5.74, 6) is -0.113. The van der Waals surface area contributed by atoms with E-state index in [0.717, 1.165) is 29.7 Å². The maximum absolute atomic E-state index is 12.8. The summed E-state index contributed by atoms with van der Waals surface area (Å²) in [5.41, 5.74) is 4.15. The van der Waals surface area contributed by atoms with Gasteiger partial charge in [-0.15, -0.1) is 0 Å². The molecule has 0 aliphatic rings. The number of H-pyrrole nitrogens is 1. The first kappa shape index (κ1) is 25.1. The number of fused-ring (bicyclic) bond motifs is 1. The van der Waals surface area contributed by atoms with Crippen LogP contribution in [0.1, 0.15) is 42.0 Å². The summed E-state index contributed by atoms with van der Waals surface area (Å²) in [6, 6.07) is 24.3. The number of rotatable bonds is 11. The number of carbonyl (C=O) groups is 2. The van der Waals surface area contributed by atoms with Crippen LogP contribution in [0.2, 0.25) is 0 Å². The molecule has 3 aromatic carbocycles. The number of carbonyl (C=O) groups excluding carboxylic acids is 2. The number of benzene rings is 3. The number of nitrogens with zero attached hydrogens (tertiary/aromatic N) is 1. The highest BCUT2D eigenvalue weighted by molar-refractivity contribution is 5.86. The molecular formula is C29H31N3O4. The molecule has 0 fully saturated rings. The first-order valence-corrected chi connectivity index (χ1v) is 12.2. The molecule has 1 aromatic heterocycles. The topological polar surface area (TPSA) is 104 Å². The van der Waals surface area contributed by atoms with Crippen LogP contribution in [-0.2, 0) is 33.6 Å². The van der Waals surface area contributed by atoms with E-state index in [1.54, 1.807) is 13.0 Å². The van der Waals surface area contributed by atoms with E-state index in [9.17, 15) is 14.7 Å². The summed E-state index contributed by atoms with van der Waals surface area (Å²) in [6.07, 6.45) is 0.614. The smallest absolute Gasteiger partial charge is 0.328 e. The van der Waals surface area contributed by atoms with Crippen LogP contribution in [0.5, 0.6) is 0 Å². The van der Waals surface area contributed by atoms with Crippen molar-refractivity contribution in [2.75, 3.05) is 6.61 Å². The van der Waals surface area contributed by atoms with E-state index in [0.29, 0.717) is 17.5 Å². The number of hydrogen-bond donors (Lipinski definition) is 3. The number of aliphatic hydroxyl groups excluding tert-OH is 1. The van der Waals surface area contributed by atoms with Crippen LogP contribution < -0.4 is 5.32 Å². The number of esters is 1. The second-order valence-electron chi connectivity index (χ2n) is 8.69. The first-order valence-electron chi connectivity index (χ1n) is 12.2. The number of aryl methyl sites for hydroxylation is 2. The molecule has 1 amide bonds. The fourth-order valence-electron chi connectivity index (χ4n) is 4.22. The predicted octanol–water partition coefficient (Wildman–Crippen LogP) is 4.06. The van der Waals surface area contributed by atoms with Gasteiger partial charge in [0.1, 0.15) is 11.9 Å². The molecule has 36 heavy (non-hydrogen) atoms. The molecule has 0 aliphatic heterocycles. The Morgan fingerprint density at radius 1 is 0.944 bits per heavy atom. The van der Waals surface area contributed by atoms with E-state index in [1.807, 2.05) is 60.7 Å². The Morgan fingerprint density at radius 2 is 1.64 bits per heavy atom. The molecule has 0 saturated carbocycles. The van der Waals surface area contributed by atoms with Crippen LogP contribution in [-0.4, -0.2) is 39.6 Å². The minimum Gasteiger partial charge on any atom is -0.464 e. The van der Waals surface area contributed by atoms with E-state index < -0.39 is 24.0 Å². The first-order chi connectivity index (χ1) is 17.5. The zero-order chi connectivity index (χ0) is 25.3. The minimum atomic E-state index is -1.07. The summed E-state index contributed by atoms with van der Waals surface area (Å²) in [5, 5.41) is 13.7. The van der Waals surface area contributed by atoms with E-state index in [1.165, 1.54) is 5.56 Å². The average Bonchev–Trinajstić information content (AvgIpc) is 3.31. The van der Waals surface area contributed by atoms with Crippen LogP contribution in [0.4, 0.5) is 0 Å². The second-order valence-corrected chi connectivity index (χ2v) is 8.69. The Bertz CT molecular complexity index is 1290. The number of nitrogens with one attached hydrogen (secondary N) is 2. The molecular weight excluding hydrogens is 454 g/mol. The van der Waals surface area contributed by atoms with Crippen molar-refractivity contribution in [1.82, 2.24) is 15.3 Å². The van der Waals surface area contributed by atoms with Crippen LogP contribution in [0.3, 0.4) is 0 Å². The lowest BCUT2D eigenvalue weighted by Crippen LogP contribution is -2.43. The highest BCUT2D eigenvalue weighted by atomic mass is 16.5. The van der Waals surface area contributed by atoms with Crippen LogP contribution in [0.15, 0.2) is 78.9 Å². The molecule has 0 spiro atoms. The molecule has 3 N–H and O–H groups in total. The Balaban J connectivity index is 1.43. The number of aromatic amines is 1. The highest BCUT2D eigenvalue weighted by Crippen LogP contribution is 2.25. The Labute approximate surface area is 210 Å². The highest BCUT2D eigenvalue weighted by Gasteiger charge is 2.25. The quantitative estimate of drug-likeness (QED) is 0.278. The van der Waals surface area contributed by atoms with Gasteiger partial charge in [0.2, 0.25) is 5.91 Å². The third-order valence-electron chi connectivity index (χ3n) is 6.01. The van der Waals surface area contributed by atoms with Gasteiger partial charge in [-0.1, -0.05) is 72.8 Å². The molecule has 0 radical (unpaired) electrons. The lowest BCUT2D eigenvalue weighted by atomic mass is 10.0. The molecule has 1 heterocycles. The molecule has 0 bridgehead atoms. The van der Waals surface area contributed by atoms with Crippen LogP contribution >= 0.6 is 0 Å². The van der Waals surface area contributed by atoms with Gasteiger partial charge in [-0.05, 0) is 30.5 Å². The number of para-hydroxylation sites is 1. The SMILES string of the molecule is CCOC(=O)[C@H](Cc1ccccc1)NC(=O)CC(O)c1cccc2[nH]c(CCc3ccccc3)nc12. The largest absolute Gasteiger partial charge is 0.464 e. The molecule has 1 unspecified atom stereocenters. The second kappa shape index (κ2) is 12.1. The normalized spacial score (nSPS) is 12.7. The minimum absolute atomic E-state index is 0.198. The number of hydrogen-bond acceptors (Lipinski definition) is 5. The number of aliphatic hydroxyl groups is 1. The zero-order valence-corrected chi connectivity index (χ0v) is 20.3. The summed E-state index contributed by atoms with van der Waals surface area (Å²) in [7, 11) is 0. The van der Waals surface area contributed by atoms with Crippen LogP contribution in [0.25, 0.3) is 11.0 Å². The van der Waals surface area contributed by atoms with Gasteiger partial charge >= 0.3 is 5.97 Å². The van der Waals surface area contributed by atoms with Crippen molar-refractivity contribution < 1.29 is 19.4 Å². The van der Waals surface area contributed by atoms with E-state index in [-0.39, 0.29) is 13.0 Å². The van der Waals surface area contributed by atoms with Gasteiger partial charge in [-0.25, -0.2) is 9.78 Å². The summed E-state index contributed by atoms with van der Waals surface area (Å²) < 4.78 is 5.15. The molecule has 4 aromatic rings. The monoisotopic (exact) mass is 485 g/mol. The summed E-state index contributed by atoms with van der Waals surface area (Å²) in [4.78, 5) is 33.3. The maximum Gasteiger partial charge on any atom is 0.328 e. The van der Waals surface area contributed by atoms with Crippen molar-refractivity contribution in [1.29, 1.82) is 0 Å². The standard InChI is InChI=1S/C29H31N3O4/c1-2-36-29(35)24(18-21-12-7-4-8-13-21)31-27(34)19-25(33)22-14-9-15-23-28(22)32-26(30-23)17-16-20-10-5-3-6-11-20/h3-15,24-25,33H,2,16-19H2,1H3,(H,30,32)(H,31,34)/t24-,25?/m0/s1. The van der Waals surface area contributed by atoms with E-state index in [2.05, 4.69) is 22.4 Å². The predicted molar refractivity (Wildman–Crippen MR) is 138 cm³/mol. The van der Waals surface area contributed by atoms with Gasteiger partial charge < -0.3 is 20.1 Å². The van der Waals surface area contributed by atoms with Crippen molar-refractivity contribution in [3.05, 3.63) is 101 Å². The van der Waals surface area contributed by atoms with Gasteiger partial charge in [0.15, 0.2) is 0 Å². The molecule has 4 rings (SSSR count). The lowest BCUT2D eigenvalue weighted by Gasteiger charge is -2.19. The van der Waals surface area contributed by atoms with Gasteiger partial charge in [0.05, 0.1) is 30.2 Å². The molecule has 186 valence electrons. The number of aromatic nitrogens is 2. The van der Waals surface area contributed by atoms with Crippen molar-refractivity contribution in [2.45, 2.75) is 44.8 Å². The van der Waals surface area contributed by atoms with Crippen molar-refractivity contribution in [3.63, 3.8) is 0 Å². The van der Waals surface area contributed by atoms with Gasteiger partial charge in [-0.3, -0.25) is 4.79 Å². The van der Waals surface area contributed by atoms with Gasteiger partial charge in [-0.2, -0.15) is 0 Å². The van der Waals surface area contributed by atoms with Crippen molar-refractivity contribution >= 4 is 22.9 Å². The van der Waals surface area contributed by atoms with E-state index in [4.69, 9.17) is 9.72 Å². The van der Waals surface area contributed by atoms with Crippen molar-refractivity contribution in [3.8, 4) is 0 Å². The fourth-order valence-corrected chi connectivity index (χ4v) is 4.22. The fraction of sp³-hybridized carbons (Fsp3) is 0.276. The lowest BCUT2D eigenvalue weighted by molar-refractivity contribution is -0.147. The molecule has 0 aliphatic carbocycles. The average molecular weight is 486 g/mol. The molecule has 2 atom stereocenters. The van der Waals surface area contributed by atoms with Gasteiger partial charge in [0, 0.05) is 18.4 Å². The molecule has 7 heteroatoms. The number of imidazole rings is 1. The summed E-state index contributed by atoms with van der Waals surface area (Å²) >= 11 is 0. The zero-order valence-electron chi connectivity index (χ0n) is 20.3. The Morgan fingerprint density at radius 3 is 2.33 bits per heavy atom. The third-order valence-corrected chi connectivity index (χ3v) is 6.01. The van der Waals surface area contributed by atoms with Crippen molar-refractivity contribution in [2.24, 2.45) is 0 Å². The Hall–Kier alpha value is -3.97.